The second kappa shape index (κ2) is 12.9. The number of aryl methyl sites for hydroxylation is 2. The lowest BCUT2D eigenvalue weighted by atomic mass is 9.91. The van der Waals surface area contributed by atoms with Crippen molar-refractivity contribution in [3.8, 4) is 0 Å². The fraction of sp³-hybridized carbons (Fsp3) is 0.667. The molecule has 0 heterocycles. The Morgan fingerprint density at radius 2 is 1.60 bits per heavy atom. The summed E-state index contributed by atoms with van der Waals surface area (Å²) in [6.45, 7) is 16.6. The number of aliphatic hydroxyl groups excluding tert-OH is 1. The van der Waals surface area contributed by atoms with E-state index in [9.17, 15) is 19.5 Å². The molecular formula is C27H45N3O5. The number of carbonyl (C=O) groups excluding carboxylic acids is 3. The molecule has 0 bridgehead atoms. The maximum Gasteiger partial charge on any atom is 0.408 e. The van der Waals surface area contributed by atoms with E-state index in [-0.39, 0.29) is 5.91 Å². The summed E-state index contributed by atoms with van der Waals surface area (Å²) in [4.78, 5) is 41.4. The Morgan fingerprint density at radius 3 is 2.06 bits per heavy atom. The van der Waals surface area contributed by atoms with E-state index in [1.165, 1.54) is 4.90 Å². The molecule has 0 spiro atoms. The van der Waals surface area contributed by atoms with Crippen LogP contribution in [-0.2, 0) is 14.3 Å². The lowest BCUT2D eigenvalue weighted by Crippen LogP contribution is -2.60. The maximum atomic E-state index is 13.9. The summed E-state index contributed by atoms with van der Waals surface area (Å²) >= 11 is 0. The van der Waals surface area contributed by atoms with Crippen LogP contribution < -0.4 is 10.6 Å². The van der Waals surface area contributed by atoms with Crippen molar-refractivity contribution in [3.05, 3.63) is 34.9 Å². The van der Waals surface area contributed by atoms with Crippen LogP contribution in [0.3, 0.4) is 0 Å². The summed E-state index contributed by atoms with van der Waals surface area (Å²) in [7, 11) is 0. The van der Waals surface area contributed by atoms with Crippen molar-refractivity contribution in [1.29, 1.82) is 0 Å². The number of unbranched alkanes of at least 4 members (excludes halogenated alkanes) is 1. The first kappa shape index (κ1) is 30.4. The number of amides is 3. The van der Waals surface area contributed by atoms with Crippen molar-refractivity contribution < 1.29 is 24.2 Å². The molecule has 3 amide bonds. The number of aliphatic hydroxyl groups is 1. The number of alkyl carbamates (subject to hydrolysis) is 1. The molecule has 2 unspecified atom stereocenters. The highest BCUT2D eigenvalue weighted by molar-refractivity contribution is 5.92. The van der Waals surface area contributed by atoms with Gasteiger partial charge in [0.1, 0.15) is 17.7 Å². The van der Waals surface area contributed by atoms with Crippen molar-refractivity contribution in [2.45, 2.75) is 105 Å². The molecule has 0 aliphatic carbocycles. The van der Waals surface area contributed by atoms with Crippen LogP contribution in [0.2, 0.25) is 0 Å². The first-order valence-electron chi connectivity index (χ1n) is 12.5. The van der Waals surface area contributed by atoms with Crippen molar-refractivity contribution in [2.75, 3.05) is 13.2 Å². The molecule has 1 aromatic carbocycles. The van der Waals surface area contributed by atoms with Crippen molar-refractivity contribution in [2.24, 2.45) is 0 Å². The fourth-order valence-electron chi connectivity index (χ4n) is 3.82. The zero-order valence-corrected chi connectivity index (χ0v) is 22.9. The molecule has 2 atom stereocenters. The predicted octanol–water partition coefficient (Wildman–Crippen LogP) is 4.16. The van der Waals surface area contributed by atoms with Gasteiger partial charge in [0.15, 0.2) is 0 Å². The van der Waals surface area contributed by atoms with Crippen molar-refractivity contribution >= 4 is 17.9 Å². The largest absolute Gasteiger partial charge is 0.444 e. The minimum absolute atomic E-state index is 0.299. The molecule has 1 aromatic rings. The van der Waals surface area contributed by atoms with E-state index in [4.69, 9.17) is 4.74 Å². The van der Waals surface area contributed by atoms with Gasteiger partial charge in [-0.05, 0) is 66.9 Å². The molecule has 0 saturated heterocycles. The number of hydrogen-bond acceptors (Lipinski definition) is 5. The van der Waals surface area contributed by atoms with Crippen molar-refractivity contribution in [1.82, 2.24) is 15.5 Å². The molecule has 0 saturated carbocycles. The summed E-state index contributed by atoms with van der Waals surface area (Å²) in [5.41, 5.74) is 1.10. The monoisotopic (exact) mass is 491 g/mol. The molecule has 8 heteroatoms. The van der Waals surface area contributed by atoms with Gasteiger partial charge in [-0.1, -0.05) is 49.6 Å². The Balaban J connectivity index is 3.56. The molecule has 0 aliphatic heterocycles. The number of rotatable bonds is 11. The van der Waals surface area contributed by atoms with Crippen LogP contribution >= 0.6 is 0 Å². The third kappa shape index (κ3) is 9.17. The summed E-state index contributed by atoms with van der Waals surface area (Å²) in [6.07, 6.45) is 1.47. The van der Waals surface area contributed by atoms with Gasteiger partial charge >= 0.3 is 6.09 Å². The van der Waals surface area contributed by atoms with Crippen LogP contribution in [-0.4, -0.2) is 58.2 Å². The number of ether oxygens (including phenoxy) is 1. The normalized spacial score (nSPS) is 13.5. The summed E-state index contributed by atoms with van der Waals surface area (Å²) in [6, 6.07) is 3.60. The zero-order chi connectivity index (χ0) is 27.0. The highest BCUT2D eigenvalue weighted by atomic mass is 16.6. The van der Waals surface area contributed by atoms with Gasteiger partial charge in [0.25, 0.3) is 0 Å². The molecule has 0 aliphatic rings. The quantitative estimate of drug-likeness (QED) is 0.403. The third-order valence-corrected chi connectivity index (χ3v) is 5.82. The van der Waals surface area contributed by atoms with E-state index in [2.05, 4.69) is 10.6 Å². The smallest absolute Gasteiger partial charge is 0.408 e. The first-order chi connectivity index (χ1) is 16.2. The van der Waals surface area contributed by atoms with Gasteiger partial charge in [0, 0.05) is 12.1 Å². The topological polar surface area (TPSA) is 108 Å². The van der Waals surface area contributed by atoms with Crippen LogP contribution in [0, 0.1) is 13.8 Å². The summed E-state index contributed by atoms with van der Waals surface area (Å²) in [5, 5.41) is 15.5. The second-order valence-electron chi connectivity index (χ2n) is 10.7. The van der Waals surface area contributed by atoms with Gasteiger partial charge < -0.3 is 25.4 Å². The highest BCUT2D eigenvalue weighted by Gasteiger charge is 2.43. The Bertz CT molecular complexity index is 856. The van der Waals surface area contributed by atoms with Crippen LogP contribution in [0.5, 0.6) is 0 Å². The average Bonchev–Trinajstić information content (AvgIpc) is 2.73. The van der Waals surface area contributed by atoms with E-state index in [1.54, 1.807) is 20.8 Å². The zero-order valence-electron chi connectivity index (χ0n) is 22.9. The molecule has 198 valence electrons. The molecular weight excluding hydrogens is 446 g/mol. The highest BCUT2D eigenvalue weighted by Crippen LogP contribution is 2.33. The van der Waals surface area contributed by atoms with E-state index >= 15 is 0 Å². The van der Waals surface area contributed by atoms with Crippen LogP contribution in [0.15, 0.2) is 18.2 Å². The molecule has 3 N–H and O–H groups in total. The standard InChI is InChI=1S/C27H45N3O5/c1-10-12-13-28-23(32)22(20-15-18(3)14-19(4)16-20)30(27(8,9)11-2)24(33)21(17-31)29-25(34)35-26(5,6)7/h14-16,21-22,31H,10-13,17H2,1-9H3,(H,28,32)(H,29,34). The number of hydrogen-bond donors (Lipinski definition) is 3. The predicted molar refractivity (Wildman–Crippen MR) is 138 cm³/mol. The number of benzene rings is 1. The molecule has 8 nitrogen and oxygen atoms in total. The Labute approximate surface area is 210 Å². The van der Waals surface area contributed by atoms with Gasteiger partial charge in [-0.2, -0.15) is 0 Å². The molecule has 0 aromatic heterocycles. The van der Waals surface area contributed by atoms with E-state index in [0.717, 1.165) is 24.0 Å². The van der Waals surface area contributed by atoms with E-state index in [0.29, 0.717) is 18.5 Å². The minimum atomic E-state index is -1.27. The number of carbonyl (C=O) groups is 3. The second-order valence-corrected chi connectivity index (χ2v) is 10.7. The Kier molecular flexibility index (Phi) is 11.2. The molecule has 0 radical (unpaired) electrons. The van der Waals surface area contributed by atoms with Gasteiger partial charge in [-0.3, -0.25) is 9.59 Å². The van der Waals surface area contributed by atoms with Crippen molar-refractivity contribution in [3.63, 3.8) is 0 Å². The van der Waals surface area contributed by atoms with Crippen LogP contribution in [0.25, 0.3) is 0 Å². The van der Waals surface area contributed by atoms with Crippen LogP contribution in [0.1, 0.15) is 90.5 Å². The first-order valence-corrected chi connectivity index (χ1v) is 12.5. The Hall–Kier alpha value is -2.61. The molecule has 0 fully saturated rings. The molecule has 35 heavy (non-hydrogen) atoms. The minimum Gasteiger partial charge on any atom is -0.444 e. The fourth-order valence-corrected chi connectivity index (χ4v) is 3.82. The van der Waals surface area contributed by atoms with Gasteiger partial charge in [-0.15, -0.1) is 0 Å². The van der Waals surface area contributed by atoms with Gasteiger partial charge in [0.2, 0.25) is 11.8 Å². The molecule has 1 rings (SSSR count). The summed E-state index contributed by atoms with van der Waals surface area (Å²) in [5.74, 6) is -0.854. The maximum absolute atomic E-state index is 13.9. The van der Waals surface area contributed by atoms with Gasteiger partial charge in [0.05, 0.1) is 6.61 Å². The lowest BCUT2D eigenvalue weighted by Gasteiger charge is -2.44. The third-order valence-electron chi connectivity index (χ3n) is 5.82. The van der Waals surface area contributed by atoms with Gasteiger partial charge in [-0.25, -0.2) is 4.79 Å². The SMILES string of the molecule is CCCCNC(=O)C(c1cc(C)cc(C)c1)N(C(=O)C(CO)NC(=O)OC(C)(C)C)C(C)(C)CC. The van der Waals surface area contributed by atoms with Crippen LogP contribution in [0.4, 0.5) is 4.79 Å². The lowest BCUT2D eigenvalue weighted by molar-refractivity contribution is -0.150. The van der Waals surface area contributed by atoms with E-state index < -0.39 is 41.8 Å². The number of nitrogens with zero attached hydrogens (tertiary/aromatic N) is 1. The summed E-state index contributed by atoms with van der Waals surface area (Å²) < 4.78 is 5.29. The average molecular weight is 492 g/mol. The van der Waals surface area contributed by atoms with E-state index in [1.807, 2.05) is 59.7 Å². The Morgan fingerprint density at radius 1 is 1.03 bits per heavy atom. The number of nitrogens with one attached hydrogen (secondary N) is 2.